The number of nitrogens with zero attached hydrogens (tertiary/aromatic N) is 2. The number of hydrogen-bond acceptors (Lipinski definition) is 6. The van der Waals surface area contributed by atoms with E-state index in [1.54, 1.807) is 25.3 Å². The molecular formula is C27H32N4O4. The number of Topliss-reactive ketones (excluding diaryl/α,β-unsaturated/α-hetero) is 1. The van der Waals surface area contributed by atoms with E-state index in [1.807, 2.05) is 31.2 Å². The molecule has 2 aromatic carbocycles. The topological polar surface area (TPSA) is 106 Å². The van der Waals surface area contributed by atoms with Crippen molar-refractivity contribution < 1.29 is 19.1 Å². The highest BCUT2D eigenvalue weighted by atomic mass is 16.5. The molecule has 1 heterocycles. The van der Waals surface area contributed by atoms with Crippen LogP contribution in [0, 0.1) is 18.3 Å². The van der Waals surface area contributed by atoms with Gasteiger partial charge in [0.2, 0.25) is 11.8 Å². The van der Waals surface area contributed by atoms with Crippen LogP contribution in [-0.2, 0) is 22.6 Å². The summed E-state index contributed by atoms with van der Waals surface area (Å²) in [6.07, 6.45) is 3.37. The van der Waals surface area contributed by atoms with Gasteiger partial charge >= 0.3 is 0 Å². The van der Waals surface area contributed by atoms with E-state index in [4.69, 9.17) is 14.9 Å². The maximum atomic E-state index is 12.0. The SMILES string of the molecule is COc1ccc2c(c1)nc(C)n2CC(C)CCOC(=N)/C=C\C(=O)NCc1cccc(C(C)=O)c1. The van der Waals surface area contributed by atoms with Gasteiger partial charge in [-0.15, -0.1) is 0 Å². The summed E-state index contributed by atoms with van der Waals surface area (Å²) >= 11 is 0. The largest absolute Gasteiger partial charge is 0.497 e. The normalized spacial score (nSPS) is 12.0. The zero-order chi connectivity index (χ0) is 25.4. The number of carbonyl (C=O) groups is 2. The molecule has 0 aliphatic rings. The van der Waals surface area contributed by atoms with Crippen LogP contribution < -0.4 is 10.1 Å². The summed E-state index contributed by atoms with van der Waals surface area (Å²) in [7, 11) is 1.64. The number of rotatable bonds is 11. The number of ether oxygens (including phenoxy) is 2. The summed E-state index contributed by atoms with van der Waals surface area (Å²) in [5.41, 5.74) is 3.40. The van der Waals surface area contributed by atoms with Gasteiger partial charge in [0, 0.05) is 36.9 Å². The number of ketones is 1. The highest BCUT2D eigenvalue weighted by Gasteiger charge is 2.12. The summed E-state index contributed by atoms with van der Waals surface area (Å²) in [6, 6.07) is 13.0. The summed E-state index contributed by atoms with van der Waals surface area (Å²) in [4.78, 5) is 28.1. The van der Waals surface area contributed by atoms with Gasteiger partial charge in [0.25, 0.3) is 0 Å². The number of fused-ring (bicyclic) bond motifs is 1. The summed E-state index contributed by atoms with van der Waals surface area (Å²) < 4.78 is 12.9. The second kappa shape index (κ2) is 12.0. The molecule has 0 radical (unpaired) electrons. The average molecular weight is 477 g/mol. The molecule has 3 rings (SSSR count). The van der Waals surface area contributed by atoms with E-state index in [1.165, 1.54) is 19.1 Å². The molecule has 0 spiro atoms. The first-order chi connectivity index (χ1) is 16.8. The van der Waals surface area contributed by atoms with Gasteiger partial charge in [0.05, 0.1) is 24.8 Å². The second-order valence-corrected chi connectivity index (χ2v) is 8.54. The number of carbonyl (C=O) groups excluding carboxylic acids is 2. The van der Waals surface area contributed by atoms with Crippen molar-refractivity contribution in [2.24, 2.45) is 5.92 Å². The van der Waals surface area contributed by atoms with Gasteiger partial charge in [0.1, 0.15) is 11.6 Å². The van der Waals surface area contributed by atoms with Crippen LogP contribution in [0.4, 0.5) is 0 Å². The van der Waals surface area contributed by atoms with Crippen molar-refractivity contribution in [2.45, 2.75) is 40.3 Å². The van der Waals surface area contributed by atoms with Crippen molar-refractivity contribution in [2.75, 3.05) is 13.7 Å². The average Bonchev–Trinajstić information content (AvgIpc) is 3.15. The van der Waals surface area contributed by atoms with Crippen LogP contribution in [0.15, 0.2) is 54.6 Å². The molecule has 184 valence electrons. The van der Waals surface area contributed by atoms with Crippen LogP contribution in [0.1, 0.15) is 42.0 Å². The fraction of sp³-hybridized carbons (Fsp3) is 0.333. The summed E-state index contributed by atoms with van der Waals surface area (Å²) in [6.45, 7) is 7.08. The Morgan fingerprint density at radius 2 is 2.00 bits per heavy atom. The molecule has 8 nitrogen and oxygen atoms in total. The Balaban J connectivity index is 1.41. The first-order valence-electron chi connectivity index (χ1n) is 11.5. The number of nitrogens with one attached hydrogen (secondary N) is 2. The van der Waals surface area contributed by atoms with E-state index in [-0.39, 0.29) is 17.6 Å². The van der Waals surface area contributed by atoms with Crippen LogP contribution in [-0.4, -0.2) is 40.9 Å². The third-order valence-corrected chi connectivity index (χ3v) is 5.70. The highest BCUT2D eigenvalue weighted by molar-refractivity contribution is 5.96. The standard InChI is InChI=1S/C27H32N4O4/c1-18(17-31-20(3)30-24-15-23(34-4)8-9-25(24)31)12-13-35-26(28)10-11-27(33)29-16-21-6-5-7-22(14-21)19(2)32/h5-11,14-15,18,28H,12-13,16-17H2,1-4H3,(H,29,33)/b11-10-,28-26?. The Hall–Kier alpha value is -3.94. The van der Waals surface area contributed by atoms with Gasteiger partial charge in [-0.3, -0.25) is 15.0 Å². The van der Waals surface area contributed by atoms with E-state index < -0.39 is 0 Å². The van der Waals surface area contributed by atoms with Gasteiger partial charge in [-0.2, -0.15) is 0 Å². The van der Waals surface area contributed by atoms with E-state index in [0.717, 1.165) is 41.1 Å². The Morgan fingerprint density at radius 1 is 1.20 bits per heavy atom. The van der Waals surface area contributed by atoms with Crippen molar-refractivity contribution in [3.05, 3.63) is 71.6 Å². The summed E-state index contributed by atoms with van der Waals surface area (Å²) in [5.74, 6) is 1.61. The lowest BCUT2D eigenvalue weighted by Gasteiger charge is -2.15. The minimum absolute atomic E-state index is 0.0211. The zero-order valence-corrected chi connectivity index (χ0v) is 20.6. The van der Waals surface area contributed by atoms with Gasteiger partial charge in [0.15, 0.2) is 5.78 Å². The van der Waals surface area contributed by atoms with Crippen molar-refractivity contribution in [1.82, 2.24) is 14.9 Å². The molecule has 8 heteroatoms. The van der Waals surface area contributed by atoms with Gasteiger partial charge in [-0.25, -0.2) is 4.98 Å². The van der Waals surface area contributed by atoms with Crippen LogP contribution >= 0.6 is 0 Å². The van der Waals surface area contributed by atoms with Crippen molar-refractivity contribution in [1.29, 1.82) is 5.41 Å². The molecule has 2 N–H and O–H groups in total. The van der Waals surface area contributed by atoms with Crippen LogP contribution in [0.5, 0.6) is 5.75 Å². The monoisotopic (exact) mass is 476 g/mol. The number of imidazole rings is 1. The molecule has 35 heavy (non-hydrogen) atoms. The fourth-order valence-corrected chi connectivity index (χ4v) is 3.71. The Labute approximate surface area is 205 Å². The Morgan fingerprint density at radius 3 is 2.74 bits per heavy atom. The van der Waals surface area contributed by atoms with Crippen LogP contribution in [0.3, 0.4) is 0 Å². The Bertz CT molecular complexity index is 1250. The zero-order valence-electron chi connectivity index (χ0n) is 20.6. The molecule has 0 aliphatic heterocycles. The number of hydrogen-bond donors (Lipinski definition) is 2. The maximum Gasteiger partial charge on any atom is 0.244 e. The van der Waals surface area contributed by atoms with Crippen molar-refractivity contribution in [3.8, 4) is 5.75 Å². The van der Waals surface area contributed by atoms with E-state index in [9.17, 15) is 9.59 Å². The molecule has 0 fully saturated rings. The first-order valence-corrected chi connectivity index (χ1v) is 11.5. The summed E-state index contributed by atoms with van der Waals surface area (Å²) in [5, 5.41) is 10.7. The van der Waals surface area contributed by atoms with Gasteiger partial charge in [-0.05, 0) is 49.9 Å². The highest BCUT2D eigenvalue weighted by Crippen LogP contribution is 2.23. The molecule has 1 amide bonds. The maximum absolute atomic E-state index is 12.0. The molecule has 1 atom stereocenters. The van der Waals surface area contributed by atoms with E-state index >= 15 is 0 Å². The second-order valence-electron chi connectivity index (χ2n) is 8.54. The molecule has 0 aliphatic carbocycles. The minimum Gasteiger partial charge on any atom is -0.497 e. The molecule has 0 bridgehead atoms. The number of benzene rings is 2. The molecule has 1 aromatic heterocycles. The third kappa shape index (κ3) is 7.27. The lowest BCUT2D eigenvalue weighted by Crippen LogP contribution is -2.21. The molecule has 0 saturated carbocycles. The number of aromatic nitrogens is 2. The predicted molar refractivity (Wildman–Crippen MR) is 136 cm³/mol. The number of amides is 1. The van der Waals surface area contributed by atoms with E-state index in [2.05, 4.69) is 21.8 Å². The first kappa shape index (κ1) is 25.7. The van der Waals surface area contributed by atoms with Crippen molar-refractivity contribution >= 4 is 28.6 Å². The fourth-order valence-electron chi connectivity index (χ4n) is 3.71. The molecular weight excluding hydrogens is 444 g/mol. The Kier molecular flexibility index (Phi) is 8.78. The molecule has 0 saturated heterocycles. The van der Waals surface area contributed by atoms with Gasteiger partial charge in [-0.1, -0.05) is 25.1 Å². The van der Waals surface area contributed by atoms with Crippen molar-refractivity contribution in [3.63, 3.8) is 0 Å². The number of aryl methyl sites for hydroxylation is 1. The third-order valence-electron chi connectivity index (χ3n) is 5.70. The molecule has 3 aromatic rings. The van der Waals surface area contributed by atoms with Crippen LogP contribution in [0.25, 0.3) is 11.0 Å². The lowest BCUT2D eigenvalue weighted by atomic mass is 10.1. The predicted octanol–water partition coefficient (Wildman–Crippen LogP) is 4.45. The quantitative estimate of drug-likeness (QED) is 0.184. The lowest BCUT2D eigenvalue weighted by molar-refractivity contribution is -0.116. The van der Waals surface area contributed by atoms with E-state index in [0.29, 0.717) is 24.6 Å². The molecule has 1 unspecified atom stereocenters. The smallest absolute Gasteiger partial charge is 0.244 e. The number of methoxy groups -OCH3 is 1. The van der Waals surface area contributed by atoms with Crippen LogP contribution in [0.2, 0.25) is 0 Å². The minimum atomic E-state index is -0.334. The van der Waals surface area contributed by atoms with Gasteiger partial charge < -0.3 is 19.4 Å².